The van der Waals surface area contributed by atoms with Gasteiger partial charge in [-0.3, -0.25) is 0 Å². The summed E-state index contributed by atoms with van der Waals surface area (Å²) in [4.78, 5) is 0. The molecule has 0 aromatic heterocycles. The highest BCUT2D eigenvalue weighted by Crippen LogP contribution is 2.71. The quantitative estimate of drug-likeness (QED) is 0.460. The molecule has 0 aromatic rings. The van der Waals surface area contributed by atoms with Crippen molar-refractivity contribution in [3.8, 4) is 0 Å². The molecule has 3 aliphatic rings. The molecule has 3 rings (SSSR count). The van der Waals surface area contributed by atoms with Crippen LogP contribution in [0.1, 0.15) is 32.6 Å². The summed E-state index contributed by atoms with van der Waals surface area (Å²) < 4.78 is 0. The fourth-order valence-electron chi connectivity index (χ4n) is 3.98. The molecule has 0 heterocycles. The molecule has 1 unspecified atom stereocenters. The molecule has 0 amide bonds. The van der Waals surface area contributed by atoms with Gasteiger partial charge >= 0.3 is 0 Å². The molecule has 58 valence electrons. The van der Waals surface area contributed by atoms with Crippen molar-refractivity contribution in [3.05, 3.63) is 0 Å². The van der Waals surface area contributed by atoms with E-state index in [9.17, 15) is 0 Å². The maximum absolute atomic E-state index is 6.25. The van der Waals surface area contributed by atoms with Gasteiger partial charge in [-0.1, -0.05) is 25.1 Å². The van der Waals surface area contributed by atoms with Gasteiger partial charge < -0.3 is 0 Å². The Morgan fingerprint density at radius 1 is 1.09 bits per heavy atom. The monoisotopic (exact) mass is 146 g/mol. The summed E-state index contributed by atoms with van der Waals surface area (Å²) in [5, 5.41) is 0.215. The van der Waals surface area contributed by atoms with Crippen LogP contribution in [0.4, 0.5) is 0 Å². The molecule has 0 saturated heterocycles. The van der Waals surface area contributed by atoms with E-state index in [0.717, 1.165) is 23.7 Å². The van der Waals surface area contributed by atoms with Crippen LogP contribution in [0, 0.1) is 23.7 Å². The second-order valence-electron chi connectivity index (χ2n) is 5.14. The Labute approximate surface area is 70.2 Å². The van der Waals surface area contributed by atoms with Crippen LogP contribution in [0.3, 0.4) is 0 Å². The highest BCUT2D eigenvalue weighted by Gasteiger charge is 2.61. The lowest BCUT2D eigenvalue weighted by molar-refractivity contribution is -0.0930. The van der Waals surface area contributed by atoms with Crippen molar-refractivity contribution in [1.82, 2.24) is 0 Å². The van der Waals surface area contributed by atoms with Gasteiger partial charge in [-0.2, -0.15) is 0 Å². The van der Waals surface area contributed by atoms with E-state index >= 15 is 0 Å². The van der Waals surface area contributed by atoms with Crippen LogP contribution in [0.15, 0.2) is 0 Å². The average molecular weight is 146 g/mol. The number of hydrogen-bond donors (Lipinski definition) is 0. The molecule has 3 aliphatic carbocycles. The first-order valence-electron chi connectivity index (χ1n) is 4.99. The lowest BCUT2D eigenvalue weighted by Crippen LogP contribution is -2.53. The lowest BCUT2D eigenvalue weighted by atomic mass is 9.41. The van der Waals surface area contributed by atoms with Gasteiger partial charge in [0.25, 0.3) is 0 Å². The minimum absolute atomic E-state index is 0.215. The fraction of sp³-hybridized carbons (Fsp3) is 1.00. The van der Waals surface area contributed by atoms with Crippen molar-refractivity contribution < 1.29 is 0 Å². The molecule has 1 heteroatoms. The second-order valence-corrected chi connectivity index (χ2v) is 5.14. The van der Waals surface area contributed by atoms with Crippen molar-refractivity contribution in [2.75, 3.05) is 0 Å². The second kappa shape index (κ2) is 1.70. The predicted octanol–water partition coefficient (Wildman–Crippen LogP) is 2.40. The molecule has 0 bridgehead atoms. The predicted molar refractivity (Wildman–Crippen MR) is 46.5 cm³/mol. The normalized spacial score (nSPS) is 65.9. The molecule has 2 radical (unpaired) electrons. The Morgan fingerprint density at radius 2 is 1.73 bits per heavy atom. The van der Waals surface area contributed by atoms with E-state index in [1.54, 1.807) is 0 Å². The molecule has 0 N–H and O–H groups in total. The highest BCUT2D eigenvalue weighted by molar-refractivity contribution is 6.15. The largest absolute Gasteiger partial charge is 0.0746 e. The van der Waals surface area contributed by atoms with E-state index in [4.69, 9.17) is 7.85 Å². The first-order chi connectivity index (χ1) is 5.20. The van der Waals surface area contributed by atoms with Crippen molar-refractivity contribution in [2.24, 2.45) is 23.7 Å². The first-order valence-corrected chi connectivity index (χ1v) is 4.99. The van der Waals surface area contributed by atoms with E-state index in [2.05, 4.69) is 6.92 Å². The third-order valence-corrected chi connectivity index (χ3v) is 4.63. The molecule has 3 fully saturated rings. The summed E-state index contributed by atoms with van der Waals surface area (Å²) in [5.74, 6) is 4.13. The summed E-state index contributed by atoms with van der Waals surface area (Å²) in [5.41, 5.74) is 0. The van der Waals surface area contributed by atoms with Gasteiger partial charge in [-0.25, -0.2) is 0 Å². The van der Waals surface area contributed by atoms with Gasteiger partial charge in [0.1, 0.15) is 0 Å². The van der Waals surface area contributed by atoms with Crippen LogP contribution in [0.5, 0.6) is 0 Å². The summed E-state index contributed by atoms with van der Waals surface area (Å²) in [6.45, 7) is 2.27. The Kier molecular flexibility index (Phi) is 1.01. The van der Waals surface area contributed by atoms with Gasteiger partial charge in [0.05, 0.1) is 7.85 Å². The lowest BCUT2D eigenvalue weighted by Gasteiger charge is -2.61. The maximum Gasteiger partial charge on any atom is 0.0746 e. The van der Waals surface area contributed by atoms with Crippen molar-refractivity contribution in [3.63, 3.8) is 0 Å². The minimum atomic E-state index is 0.215. The topological polar surface area (TPSA) is 0 Å². The zero-order valence-electron chi connectivity index (χ0n) is 7.22. The summed E-state index contributed by atoms with van der Waals surface area (Å²) >= 11 is 0. The van der Waals surface area contributed by atoms with Crippen LogP contribution < -0.4 is 0 Å². The molecule has 11 heavy (non-hydrogen) atoms. The average Bonchev–Trinajstić information content (AvgIpc) is 2.10. The summed E-state index contributed by atoms with van der Waals surface area (Å²) in [6, 6.07) is 0. The van der Waals surface area contributed by atoms with Gasteiger partial charge in [0, 0.05) is 0 Å². The molecular weight excluding hydrogens is 131 g/mol. The van der Waals surface area contributed by atoms with Crippen LogP contribution in [0.2, 0.25) is 5.31 Å². The van der Waals surface area contributed by atoms with Gasteiger partial charge in [-0.15, -0.1) is 0 Å². The van der Waals surface area contributed by atoms with E-state index in [1.165, 1.54) is 25.7 Å². The highest BCUT2D eigenvalue weighted by atomic mass is 14.7. The van der Waals surface area contributed by atoms with Gasteiger partial charge in [0.15, 0.2) is 0 Å². The van der Waals surface area contributed by atoms with Gasteiger partial charge in [0.2, 0.25) is 0 Å². The van der Waals surface area contributed by atoms with Crippen LogP contribution >= 0.6 is 0 Å². The molecule has 3 saturated carbocycles. The maximum atomic E-state index is 6.25. The van der Waals surface area contributed by atoms with Crippen LogP contribution in [-0.2, 0) is 0 Å². The number of hydrogen-bond acceptors (Lipinski definition) is 0. The van der Waals surface area contributed by atoms with Crippen molar-refractivity contribution in [2.45, 2.75) is 37.9 Å². The third-order valence-electron chi connectivity index (χ3n) is 4.63. The van der Waals surface area contributed by atoms with Crippen LogP contribution in [-0.4, -0.2) is 7.85 Å². The Hall–Kier alpha value is 0.0649. The standard InChI is InChI=1S/C10H15B/c1-10(11)5-4-8-6-2-3-7(6)9(8)10/h6-9H,2-5H2,1H3/t6-,7+,8-,9?,10-/m0/s1. The smallest absolute Gasteiger partial charge is 0.0673 e. The minimum Gasteiger partial charge on any atom is -0.0673 e. The van der Waals surface area contributed by atoms with E-state index < -0.39 is 0 Å². The van der Waals surface area contributed by atoms with E-state index in [1.807, 2.05) is 0 Å². The number of fused-ring (bicyclic) bond motifs is 4. The molecule has 0 aliphatic heterocycles. The Morgan fingerprint density at radius 3 is 2.27 bits per heavy atom. The SMILES string of the molecule is [B][C@@]1(C)CC[C@@H]2C1[C@@H]1CC[C@H]21. The van der Waals surface area contributed by atoms with Crippen LogP contribution in [0.25, 0.3) is 0 Å². The molecule has 5 atom stereocenters. The van der Waals surface area contributed by atoms with Crippen molar-refractivity contribution >= 4 is 7.85 Å². The van der Waals surface area contributed by atoms with E-state index in [0.29, 0.717) is 0 Å². The fourth-order valence-corrected chi connectivity index (χ4v) is 3.98. The van der Waals surface area contributed by atoms with Crippen molar-refractivity contribution in [1.29, 1.82) is 0 Å². The number of rotatable bonds is 0. The van der Waals surface area contributed by atoms with E-state index in [-0.39, 0.29) is 5.31 Å². The molecule has 0 nitrogen and oxygen atoms in total. The zero-order chi connectivity index (χ0) is 7.64. The zero-order valence-corrected chi connectivity index (χ0v) is 7.22. The third kappa shape index (κ3) is 0.599. The molecular formula is C10H15B. The molecule has 0 aromatic carbocycles. The molecule has 0 spiro atoms. The first kappa shape index (κ1) is 6.57. The summed E-state index contributed by atoms with van der Waals surface area (Å²) in [7, 11) is 6.25. The summed E-state index contributed by atoms with van der Waals surface area (Å²) in [6.07, 6.45) is 5.72. The Balaban J connectivity index is 1.88. The van der Waals surface area contributed by atoms with Gasteiger partial charge in [-0.05, 0) is 36.5 Å². The Bertz CT molecular complexity index is 197.